The molecule has 11 heteroatoms. The van der Waals surface area contributed by atoms with Crippen LogP contribution in [0.1, 0.15) is 5.56 Å². The van der Waals surface area contributed by atoms with E-state index in [0.717, 1.165) is 18.3 Å². The van der Waals surface area contributed by atoms with Gasteiger partial charge in [-0.2, -0.15) is 5.26 Å². The van der Waals surface area contributed by atoms with Gasteiger partial charge in [0.05, 0.1) is 21.7 Å². The lowest BCUT2D eigenvalue weighted by Crippen LogP contribution is -2.04. The van der Waals surface area contributed by atoms with Gasteiger partial charge >= 0.3 is 0 Å². The first-order valence-corrected chi connectivity index (χ1v) is 11.2. The molecule has 154 valence electrons. The molecule has 0 saturated heterocycles. The first-order valence-electron chi connectivity index (χ1n) is 8.29. The third-order valence-electron chi connectivity index (χ3n) is 3.81. The molecule has 1 atom stereocenters. The van der Waals surface area contributed by atoms with E-state index in [2.05, 4.69) is 35.6 Å². The molecule has 30 heavy (non-hydrogen) atoms. The van der Waals surface area contributed by atoms with Gasteiger partial charge in [-0.3, -0.25) is 0 Å². The summed E-state index contributed by atoms with van der Waals surface area (Å²) in [5.41, 5.74) is 0.552. The van der Waals surface area contributed by atoms with E-state index in [-0.39, 0.29) is 23.0 Å². The molecule has 0 amide bonds. The fourth-order valence-electron chi connectivity index (χ4n) is 2.66. The molecular formula is C19H13BrF3N5OS. The monoisotopic (exact) mass is 495 g/mol. The maximum absolute atomic E-state index is 14.2. The molecule has 3 rings (SSSR count). The fourth-order valence-corrected chi connectivity index (χ4v) is 4.22. The minimum Gasteiger partial charge on any atom is -0.324 e. The Kier molecular flexibility index (Phi) is 6.38. The molecule has 2 aromatic carbocycles. The van der Waals surface area contributed by atoms with E-state index >= 15 is 0 Å². The molecule has 1 N–H and O–H groups in total. The average Bonchev–Trinajstić information content (AvgIpc) is 2.62. The van der Waals surface area contributed by atoms with Gasteiger partial charge in [-0.25, -0.2) is 27.3 Å². The number of rotatable bonds is 5. The van der Waals surface area contributed by atoms with Crippen molar-refractivity contribution in [2.45, 2.75) is 5.75 Å². The Morgan fingerprint density at radius 1 is 1.20 bits per heavy atom. The lowest BCUT2D eigenvalue weighted by molar-refractivity contribution is 0.580. The van der Waals surface area contributed by atoms with Gasteiger partial charge in [0.25, 0.3) is 0 Å². The number of hydrogen-bond acceptors (Lipinski definition) is 6. The van der Waals surface area contributed by atoms with Crippen LogP contribution in [0.15, 0.2) is 51.4 Å². The SMILES string of the molecule is C[S@](=O)(Cc1cc(Br)cc(Nc2ncc(F)c(-c3ccc(F)cc3F)n2)c1)=NC#N. The van der Waals surface area contributed by atoms with Crippen LogP contribution in [0.25, 0.3) is 11.3 Å². The number of nitriles is 1. The van der Waals surface area contributed by atoms with Crippen LogP contribution < -0.4 is 5.32 Å². The largest absolute Gasteiger partial charge is 0.324 e. The zero-order valence-electron chi connectivity index (χ0n) is 15.4. The Morgan fingerprint density at radius 3 is 2.67 bits per heavy atom. The fraction of sp³-hybridized carbons (Fsp3) is 0.105. The highest BCUT2D eigenvalue weighted by atomic mass is 79.9. The van der Waals surface area contributed by atoms with Gasteiger partial charge in [-0.15, -0.1) is 4.36 Å². The maximum atomic E-state index is 14.2. The smallest absolute Gasteiger partial charge is 0.227 e. The highest BCUT2D eigenvalue weighted by Gasteiger charge is 2.15. The Balaban J connectivity index is 1.95. The summed E-state index contributed by atoms with van der Waals surface area (Å²) in [4.78, 5) is 7.84. The van der Waals surface area contributed by atoms with Crippen LogP contribution in [0.3, 0.4) is 0 Å². The summed E-state index contributed by atoms with van der Waals surface area (Å²) in [5.74, 6) is -2.61. The van der Waals surface area contributed by atoms with Crippen molar-refractivity contribution in [3.05, 3.63) is 70.1 Å². The van der Waals surface area contributed by atoms with Crippen LogP contribution in [-0.2, 0) is 15.5 Å². The molecule has 0 aliphatic rings. The lowest BCUT2D eigenvalue weighted by atomic mass is 10.1. The molecular weight excluding hydrogens is 483 g/mol. The zero-order valence-corrected chi connectivity index (χ0v) is 17.8. The van der Waals surface area contributed by atoms with Gasteiger partial charge in [0.1, 0.15) is 17.3 Å². The molecule has 0 fully saturated rings. The van der Waals surface area contributed by atoms with Crippen LogP contribution in [0.4, 0.5) is 24.8 Å². The molecule has 0 aliphatic carbocycles. The van der Waals surface area contributed by atoms with E-state index in [1.54, 1.807) is 24.4 Å². The Bertz CT molecular complexity index is 1290. The number of anilines is 2. The molecule has 0 radical (unpaired) electrons. The van der Waals surface area contributed by atoms with Gasteiger partial charge in [0.15, 0.2) is 5.82 Å². The van der Waals surface area contributed by atoms with Crippen molar-refractivity contribution in [3.8, 4) is 17.5 Å². The van der Waals surface area contributed by atoms with Crippen molar-refractivity contribution < 1.29 is 17.4 Å². The Labute approximate surface area is 179 Å². The highest BCUT2D eigenvalue weighted by molar-refractivity contribution is 9.10. The van der Waals surface area contributed by atoms with E-state index in [4.69, 9.17) is 5.26 Å². The summed E-state index contributed by atoms with van der Waals surface area (Å²) in [6, 6.07) is 7.76. The van der Waals surface area contributed by atoms with E-state index in [0.29, 0.717) is 21.8 Å². The lowest BCUT2D eigenvalue weighted by Gasteiger charge is -2.11. The standard InChI is InChI=1S/C19H13BrF3N5OS/c1-30(29,26-10-24)9-11-4-12(20)6-14(5-11)27-19-25-8-17(23)18(28-19)15-3-2-13(21)7-16(15)22/h2-8H,9H2,1H3,(H,25,27,28)/t30-/m0/s1. The first kappa shape index (κ1) is 21.7. The number of halogens is 4. The number of hydrogen-bond donors (Lipinski definition) is 1. The van der Waals surface area contributed by atoms with Crippen molar-refractivity contribution in [3.63, 3.8) is 0 Å². The first-order chi connectivity index (χ1) is 14.2. The predicted molar refractivity (Wildman–Crippen MR) is 111 cm³/mol. The molecule has 6 nitrogen and oxygen atoms in total. The number of nitrogens with one attached hydrogen (secondary N) is 1. The molecule has 0 unspecified atom stereocenters. The summed E-state index contributed by atoms with van der Waals surface area (Å²) in [6.07, 6.45) is 3.79. The van der Waals surface area contributed by atoms with Crippen LogP contribution in [0.2, 0.25) is 0 Å². The quantitative estimate of drug-likeness (QED) is 0.494. The zero-order chi connectivity index (χ0) is 21.9. The highest BCUT2D eigenvalue weighted by Crippen LogP contribution is 2.27. The molecule has 1 heterocycles. The molecule has 0 aliphatic heterocycles. The minimum atomic E-state index is -2.74. The molecule has 3 aromatic rings. The normalized spacial score (nSPS) is 12.7. The number of nitrogens with zero attached hydrogens (tertiary/aromatic N) is 4. The summed E-state index contributed by atoms with van der Waals surface area (Å²) in [7, 11) is -2.74. The molecule has 0 saturated carbocycles. The van der Waals surface area contributed by atoms with Crippen molar-refractivity contribution in [2.75, 3.05) is 11.6 Å². The molecule has 0 spiro atoms. The topological polar surface area (TPSA) is 91.0 Å². The maximum Gasteiger partial charge on any atom is 0.227 e. The van der Waals surface area contributed by atoms with Crippen molar-refractivity contribution >= 4 is 37.3 Å². The van der Waals surface area contributed by atoms with E-state index < -0.39 is 27.2 Å². The summed E-state index contributed by atoms with van der Waals surface area (Å²) < 4.78 is 57.7. The summed E-state index contributed by atoms with van der Waals surface area (Å²) in [5, 5.41) is 11.5. The second-order valence-corrected chi connectivity index (χ2v) is 9.59. The van der Waals surface area contributed by atoms with Crippen molar-refractivity contribution in [2.24, 2.45) is 4.36 Å². The molecule has 0 bridgehead atoms. The second-order valence-electron chi connectivity index (χ2n) is 6.28. The van der Waals surface area contributed by atoms with E-state index in [1.807, 2.05) is 0 Å². The van der Waals surface area contributed by atoms with Gasteiger partial charge < -0.3 is 5.32 Å². The Hall–Kier alpha value is -2.97. The van der Waals surface area contributed by atoms with Crippen LogP contribution >= 0.6 is 15.9 Å². The van der Waals surface area contributed by atoms with Crippen LogP contribution in [0.5, 0.6) is 0 Å². The third-order valence-corrected chi connectivity index (χ3v) is 5.61. The number of benzene rings is 2. The van der Waals surface area contributed by atoms with Gasteiger partial charge in [0.2, 0.25) is 12.1 Å². The summed E-state index contributed by atoms with van der Waals surface area (Å²) in [6.45, 7) is 0. The summed E-state index contributed by atoms with van der Waals surface area (Å²) >= 11 is 3.34. The van der Waals surface area contributed by atoms with Crippen molar-refractivity contribution in [1.29, 1.82) is 5.26 Å². The van der Waals surface area contributed by atoms with Crippen molar-refractivity contribution in [1.82, 2.24) is 9.97 Å². The van der Waals surface area contributed by atoms with Crippen LogP contribution in [-0.4, -0.2) is 20.4 Å². The van der Waals surface area contributed by atoms with E-state index in [9.17, 15) is 17.4 Å². The molecule has 1 aromatic heterocycles. The second kappa shape index (κ2) is 8.81. The van der Waals surface area contributed by atoms with E-state index in [1.165, 1.54) is 6.26 Å². The van der Waals surface area contributed by atoms with Gasteiger partial charge in [-0.1, -0.05) is 15.9 Å². The minimum absolute atomic E-state index is 0.0295. The van der Waals surface area contributed by atoms with Gasteiger partial charge in [-0.05, 0) is 35.9 Å². The third kappa shape index (κ3) is 5.34. The predicted octanol–water partition coefficient (Wildman–Crippen LogP) is 5.15. The number of aromatic nitrogens is 2. The average molecular weight is 496 g/mol. The Morgan fingerprint density at radius 2 is 1.97 bits per heavy atom. The van der Waals surface area contributed by atoms with Gasteiger partial charge in [0, 0.05) is 28.0 Å². The van der Waals surface area contributed by atoms with Crippen LogP contribution in [0, 0.1) is 28.9 Å².